The van der Waals surface area contributed by atoms with Crippen LogP contribution < -0.4 is 5.32 Å². The van der Waals surface area contributed by atoms with Gasteiger partial charge >= 0.3 is 0 Å². The highest BCUT2D eigenvalue weighted by molar-refractivity contribution is 8.00. The lowest BCUT2D eigenvalue weighted by atomic mass is 9.92. The van der Waals surface area contributed by atoms with Gasteiger partial charge in [-0.05, 0) is 38.0 Å². The van der Waals surface area contributed by atoms with Gasteiger partial charge in [-0.25, -0.2) is 0 Å². The summed E-state index contributed by atoms with van der Waals surface area (Å²) in [6, 6.07) is 0. The summed E-state index contributed by atoms with van der Waals surface area (Å²) >= 11 is 2.14. The fraction of sp³-hybridized carbons (Fsp3) is 1.00. The van der Waals surface area contributed by atoms with Crippen LogP contribution in [0.25, 0.3) is 0 Å². The van der Waals surface area contributed by atoms with Crippen molar-refractivity contribution < 1.29 is 0 Å². The minimum absolute atomic E-state index is 0.568. The number of hydrogen-bond donors (Lipinski definition) is 1. The second-order valence-electron chi connectivity index (χ2n) is 2.98. The lowest BCUT2D eigenvalue weighted by Gasteiger charge is -2.44. The Kier molecular flexibility index (Phi) is 1.46. The number of rotatable bonds is 0. The lowest BCUT2D eigenvalue weighted by molar-refractivity contribution is 0.292. The quantitative estimate of drug-likeness (QED) is 0.552. The third-order valence-electron chi connectivity index (χ3n) is 2.31. The maximum Gasteiger partial charge on any atom is 0.0645 e. The fourth-order valence-electron chi connectivity index (χ4n) is 1.53. The van der Waals surface area contributed by atoms with E-state index in [0.717, 1.165) is 0 Å². The van der Waals surface area contributed by atoms with Crippen molar-refractivity contribution in [1.82, 2.24) is 5.32 Å². The molecule has 0 atom stereocenters. The standard InChI is InChI=1S/C7H13NS/c1-3-7(4-1)8-5-2-6-9-7/h8H,1-6H2. The molecule has 1 aliphatic heterocycles. The molecular formula is C7H13NS. The largest absolute Gasteiger partial charge is 0.303 e. The third-order valence-corrected chi connectivity index (χ3v) is 3.91. The molecule has 1 saturated carbocycles. The predicted octanol–water partition coefficient (Wildman–Crippen LogP) is 1.59. The smallest absolute Gasteiger partial charge is 0.0645 e. The summed E-state index contributed by atoms with van der Waals surface area (Å²) in [5.74, 6) is 1.38. The van der Waals surface area contributed by atoms with Crippen molar-refractivity contribution in [2.24, 2.45) is 0 Å². The Morgan fingerprint density at radius 3 is 2.44 bits per heavy atom. The first-order chi connectivity index (χ1) is 4.41. The van der Waals surface area contributed by atoms with E-state index in [2.05, 4.69) is 17.1 Å². The molecule has 1 heterocycles. The van der Waals surface area contributed by atoms with Gasteiger partial charge in [-0.3, -0.25) is 0 Å². The summed E-state index contributed by atoms with van der Waals surface area (Å²) in [7, 11) is 0. The van der Waals surface area contributed by atoms with Crippen LogP contribution >= 0.6 is 11.8 Å². The van der Waals surface area contributed by atoms with Crippen LogP contribution in [0.5, 0.6) is 0 Å². The summed E-state index contributed by atoms with van der Waals surface area (Å²) in [6.07, 6.45) is 5.64. The van der Waals surface area contributed by atoms with Crippen molar-refractivity contribution in [2.45, 2.75) is 30.6 Å². The van der Waals surface area contributed by atoms with E-state index in [9.17, 15) is 0 Å². The Morgan fingerprint density at radius 2 is 2.11 bits per heavy atom. The Morgan fingerprint density at radius 1 is 1.22 bits per heavy atom. The molecule has 1 N–H and O–H groups in total. The topological polar surface area (TPSA) is 12.0 Å². The van der Waals surface area contributed by atoms with Crippen LogP contribution in [0.15, 0.2) is 0 Å². The van der Waals surface area contributed by atoms with Gasteiger partial charge in [-0.15, -0.1) is 11.8 Å². The van der Waals surface area contributed by atoms with Crippen molar-refractivity contribution in [2.75, 3.05) is 12.3 Å². The summed E-state index contributed by atoms with van der Waals surface area (Å²) in [5, 5.41) is 3.59. The number of nitrogens with one attached hydrogen (secondary N) is 1. The maximum absolute atomic E-state index is 3.59. The zero-order chi connectivity index (χ0) is 6.16. The zero-order valence-electron chi connectivity index (χ0n) is 5.65. The Bertz CT molecular complexity index is 101. The molecule has 0 aromatic rings. The summed E-state index contributed by atoms with van der Waals surface area (Å²) < 4.78 is 0. The van der Waals surface area contributed by atoms with Gasteiger partial charge in [0.25, 0.3) is 0 Å². The molecule has 2 rings (SSSR count). The van der Waals surface area contributed by atoms with E-state index in [1.807, 2.05) is 0 Å². The molecule has 0 unspecified atom stereocenters. The van der Waals surface area contributed by atoms with Gasteiger partial charge in [-0.2, -0.15) is 0 Å². The highest BCUT2D eigenvalue weighted by atomic mass is 32.2. The van der Waals surface area contributed by atoms with Crippen molar-refractivity contribution in [3.05, 3.63) is 0 Å². The van der Waals surface area contributed by atoms with Crippen LogP contribution in [0.2, 0.25) is 0 Å². The molecule has 1 saturated heterocycles. The van der Waals surface area contributed by atoms with Crippen molar-refractivity contribution in [1.29, 1.82) is 0 Å². The highest BCUT2D eigenvalue weighted by Crippen LogP contribution is 2.43. The van der Waals surface area contributed by atoms with Crippen LogP contribution in [-0.2, 0) is 0 Å². The van der Waals surface area contributed by atoms with Crippen LogP contribution in [0, 0.1) is 0 Å². The monoisotopic (exact) mass is 143 g/mol. The molecule has 1 spiro atoms. The SMILES string of the molecule is C1CNC2(CCC2)SC1. The average molecular weight is 143 g/mol. The summed E-state index contributed by atoms with van der Waals surface area (Å²) in [6.45, 7) is 1.26. The minimum Gasteiger partial charge on any atom is -0.303 e. The van der Waals surface area contributed by atoms with Gasteiger partial charge in [0.2, 0.25) is 0 Å². The number of hydrogen-bond acceptors (Lipinski definition) is 2. The number of thioether (sulfide) groups is 1. The maximum atomic E-state index is 3.59. The van der Waals surface area contributed by atoms with Gasteiger partial charge in [0.15, 0.2) is 0 Å². The van der Waals surface area contributed by atoms with Crippen molar-refractivity contribution in [3.63, 3.8) is 0 Å². The molecular weight excluding hydrogens is 130 g/mol. The molecule has 52 valence electrons. The predicted molar refractivity (Wildman–Crippen MR) is 41.7 cm³/mol. The van der Waals surface area contributed by atoms with Gasteiger partial charge < -0.3 is 5.32 Å². The van der Waals surface area contributed by atoms with E-state index >= 15 is 0 Å². The molecule has 0 amide bonds. The molecule has 2 heteroatoms. The van der Waals surface area contributed by atoms with Gasteiger partial charge in [0.05, 0.1) is 4.87 Å². The first-order valence-corrected chi connectivity index (χ1v) is 4.79. The van der Waals surface area contributed by atoms with Crippen LogP contribution in [-0.4, -0.2) is 17.2 Å². The molecule has 0 aromatic heterocycles. The van der Waals surface area contributed by atoms with Crippen LogP contribution in [0.1, 0.15) is 25.7 Å². The van der Waals surface area contributed by atoms with E-state index in [0.29, 0.717) is 4.87 Å². The van der Waals surface area contributed by atoms with Gasteiger partial charge in [0.1, 0.15) is 0 Å². The zero-order valence-corrected chi connectivity index (χ0v) is 6.47. The van der Waals surface area contributed by atoms with Crippen molar-refractivity contribution in [3.8, 4) is 0 Å². The molecule has 2 aliphatic rings. The fourth-order valence-corrected chi connectivity index (χ4v) is 2.99. The van der Waals surface area contributed by atoms with E-state index in [1.54, 1.807) is 0 Å². The Balaban J connectivity index is 1.93. The normalized spacial score (nSPS) is 32.0. The van der Waals surface area contributed by atoms with Gasteiger partial charge in [-0.1, -0.05) is 0 Å². The molecule has 9 heavy (non-hydrogen) atoms. The second-order valence-corrected chi connectivity index (χ2v) is 4.46. The molecule has 1 nitrogen and oxygen atoms in total. The van der Waals surface area contributed by atoms with Crippen LogP contribution in [0.4, 0.5) is 0 Å². The minimum atomic E-state index is 0.568. The van der Waals surface area contributed by atoms with E-state index in [1.165, 1.54) is 38.0 Å². The first-order valence-electron chi connectivity index (χ1n) is 3.80. The van der Waals surface area contributed by atoms with E-state index in [-0.39, 0.29) is 0 Å². The lowest BCUT2D eigenvalue weighted by Crippen LogP contribution is -2.51. The molecule has 0 aromatic carbocycles. The summed E-state index contributed by atoms with van der Waals surface area (Å²) in [5.41, 5.74) is 0. The van der Waals surface area contributed by atoms with Crippen LogP contribution in [0.3, 0.4) is 0 Å². The second kappa shape index (κ2) is 2.17. The van der Waals surface area contributed by atoms with Gasteiger partial charge in [0, 0.05) is 0 Å². The first kappa shape index (κ1) is 6.05. The molecule has 2 fully saturated rings. The highest BCUT2D eigenvalue weighted by Gasteiger charge is 2.37. The molecule has 1 aliphatic carbocycles. The van der Waals surface area contributed by atoms with E-state index < -0.39 is 0 Å². The third kappa shape index (κ3) is 0.987. The Hall–Kier alpha value is 0.310. The Labute approximate surface area is 60.6 Å². The molecule has 0 bridgehead atoms. The summed E-state index contributed by atoms with van der Waals surface area (Å²) in [4.78, 5) is 0.568. The van der Waals surface area contributed by atoms with Crippen molar-refractivity contribution >= 4 is 11.8 Å². The van der Waals surface area contributed by atoms with E-state index in [4.69, 9.17) is 0 Å². The molecule has 0 radical (unpaired) electrons. The average Bonchev–Trinajstić information content (AvgIpc) is 1.87.